The normalized spacial score (nSPS) is 27.9. The van der Waals surface area contributed by atoms with E-state index in [2.05, 4.69) is 37.4 Å². The van der Waals surface area contributed by atoms with Gasteiger partial charge in [0.25, 0.3) is 0 Å². The second-order valence-electron chi connectivity index (χ2n) is 5.08. The first-order chi connectivity index (χ1) is 7.61. The second-order valence-corrected chi connectivity index (χ2v) is 5.08. The SMILES string of the molecule is CNCC1CC1(C)c1cc(C)ccc1OC. The molecule has 1 aliphatic carbocycles. The molecule has 1 aromatic carbocycles. The van der Waals surface area contributed by atoms with Gasteiger partial charge in [-0.25, -0.2) is 0 Å². The molecule has 2 nitrogen and oxygen atoms in total. The van der Waals surface area contributed by atoms with E-state index in [1.807, 2.05) is 7.05 Å². The van der Waals surface area contributed by atoms with Gasteiger partial charge in [-0.1, -0.05) is 24.6 Å². The van der Waals surface area contributed by atoms with Gasteiger partial charge >= 0.3 is 0 Å². The van der Waals surface area contributed by atoms with Gasteiger partial charge in [-0.3, -0.25) is 0 Å². The lowest BCUT2D eigenvalue weighted by atomic mass is 9.93. The van der Waals surface area contributed by atoms with E-state index in [1.54, 1.807) is 7.11 Å². The number of hydrogen-bond acceptors (Lipinski definition) is 2. The van der Waals surface area contributed by atoms with Gasteiger partial charge in [0.1, 0.15) is 5.75 Å². The van der Waals surface area contributed by atoms with E-state index in [0.29, 0.717) is 5.41 Å². The molecule has 2 rings (SSSR count). The van der Waals surface area contributed by atoms with Crippen molar-refractivity contribution in [2.24, 2.45) is 5.92 Å². The van der Waals surface area contributed by atoms with E-state index in [1.165, 1.54) is 17.5 Å². The summed E-state index contributed by atoms with van der Waals surface area (Å²) in [7, 11) is 3.78. The first-order valence-corrected chi connectivity index (χ1v) is 5.91. The predicted molar refractivity (Wildman–Crippen MR) is 67.1 cm³/mol. The Hall–Kier alpha value is -1.02. The molecule has 1 N–H and O–H groups in total. The van der Waals surface area contributed by atoms with Crippen LogP contribution in [0.15, 0.2) is 18.2 Å². The number of nitrogens with one attached hydrogen (secondary N) is 1. The smallest absolute Gasteiger partial charge is 0.122 e. The summed E-state index contributed by atoms with van der Waals surface area (Å²) in [6, 6.07) is 6.47. The average Bonchev–Trinajstić information content (AvgIpc) is 2.91. The van der Waals surface area contributed by atoms with E-state index in [-0.39, 0.29) is 0 Å². The third kappa shape index (κ3) is 1.82. The Bertz CT molecular complexity index is 388. The van der Waals surface area contributed by atoms with Gasteiger partial charge in [-0.05, 0) is 38.9 Å². The van der Waals surface area contributed by atoms with Gasteiger partial charge < -0.3 is 10.1 Å². The van der Waals surface area contributed by atoms with Crippen molar-refractivity contribution in [2.75, 3.05) is 20.7 Å². The van der Waals surface area contributed by atoms with Crippen LogP contribution in [0.25, 0.3) is 0 Å². The van der Waals surface area contributed by atoms with Gasteiger partial charge in [0.15, 0.2) is 0 Å². The molecule has 2 heteroatoms. The van der Waals surface area contributed by atoms with Gasteiger partial charge in [0, 0.05) is 11.0 Å². The van der Waals surface area contributed by atoms with Crippen LogP contribution in [0.5, 0.6) is 5.75 Å². The molecule has 0 amide bonds. The van der Waals surface area contributed by atoms with Crippen LogP contribution in [0.1, 0.15) is 24.5 Å². The van der Waals surface area contributed by atoms with Gasteiger partial charge in [0.2, 0.25) is 0 Å². The lowest BCUT2D eigenvalue weighted by Crippen LogP contribution is -2.16. The zero-order chi connectivity index (χ0) is 11.8. The largest absolute Gasteiger partial charge is 0.496 e. The molecule has 88 valence electrons. The van der Waals surface area contributed by atoms with Gasteiger partial charge in [-0.2, -0.15) is 0 Å². The summed E-state index contributed by atoms with van der Waals surface area (Å²) in [6.07, 6.45) is 1.26. The zero-order valence-electron chi connectivity index (χ0n) is 10.6. The predicted octanol–water partition coefficient (Wildman–Crippen LogP) is 2.50. The molecular formula is C14H21NO. The Morgan fingerprint density at radius 1 is 1.50 bits per heavy atom. The Labute approximate surface area is 98.0 Å². The molecule has 0 aromatic heterocycles. The fourth-order valence-electron chi connectivity index (χ4n) is 2.59. The van der Waals surface area contributed by atoms with Crippen LogP contribution in [0.4, 0.5) is 0 Å². The number of rotatable bonds is 4. The van der Waals surface area contributed by atoms with Crippen LogP contribution in [0.2, 0.25) is 0 Å². The maximum atomic E-state index is 5.47. The first-order valence-electron chi connectivity index (χ1n) is 5.91. The summed E-state index contributed by atoms with van der Waals surface area (Å²) in [5.74, 6) is 1.78. The summed E-state index contributed by atoms with van der Waals surface area (Å²) in [5, 5.41) is 3.27. The van der Waals surface area contributed by atoms with Crippen molar-refractivity contribution in [3.05, 3.63) is 29.3 Å². The van der Waals surface area contributed by atoms with Crippen molar-refractivity contribution < 1.29 is 4.74 Å². The molecule has 16 heavy (non-hydrogen) atoms. The van der Waals surface area contributed by atoms with Crippen LogP contribution >= 0.6 is 0 Å². The number of aryl methyl sites for hydroxylation is 1. The highest BCUT2D eigenvalue weighted by molar-refractivity contribution is 5.46. The molecular weight excluding hydrogens is 198 g/mol. The van der Waals surface area contributed by atoms with Crippen LogP contribution in [-0.2, 0) is 5.41 Å². The topological polar surface area (TPSA) is 21.3 Å². The summed E-state index contributed by atoms with van der Waals surface area (Å²) in [4.78, 5) is 0. The van der Waals surface area contributed by atoms with E-state index in [9.17, 15) is 0 Å². The highest BCUT2D eigenvalue weighted by atomic mass is 16.5. The number of methoxy groups -OCH3 is 1. The fourth-order valence-corrected chi connectivity index (χ4v) is 2.59. The highest BCUT2D eigenvalue weighted by Crippen LogP contribution is 2.56. The minimum absolute atomic E-state index is 0.306. The maximum absolute atomic E-state index is 5.47. The molecule has 0 heterocycles. The zero-order valence-corrected chi connectivity index (χ0v) is 10.6. The van der Waals surface area contributed by atoms with Crippen molar-refractivity contribution in [3.8, 4) is 5.75 Å². The quantitative estimate of drug-likeness (QED) is 0.840. The molecule has 2 unspecified atom stereocenters. The third-order valence-electron chi connectivity index (χ3n) is 3.83. The van der Waals surface area contributed by atoms with E-state index in [0.717, 1.165) is 18.2 Å². The molecule has 1 aromatic rings. The molecule has 0 aliphatic heterocycles. The van der Waals surface area contributed by atoms with Crippen molar-refractivity contribution in [3.63, 3.8) is 0 Å². The van der Waals surface area contributed by atoms with Crippen LogP contribution in [0, 0.1) is 12.8 Å². The minimum Gasteiger partial charge on any atom is -0.496 e. The Morgan fingerprint density at radius 3 is 2.88 bits per heavy atom. The maximum Gasteiger partial charge on any atom is 0.122 e. The molecule has 1 saturated carbocycles. The Balaban J connectivity index is 2.30. The van der Waals surface area contributed by atoms with E-state index >= 15 is 0 Å². The monoisotopic (exact) mass is 219 g/mol. The lowest BCUT2D eigenvalue weighted by molar-refractivity contribution is 0.403. The molecule has 0 bridgehead atoms. The van der Waals surface area contributed by atoms with Crippen LogP contribution < -0.4 is 10.1 Å². The minimum atomic E-state index is 0.306. The van der Waals surface area contributed by atoms with Crippen molar-refractivity contribution in [1.29, 1.82) is 0 Å². The molecule has 0 radical (unpaired) electrons. The van der Waals surface area contributed by atoms with E-state index in [4.69, 9.17) is 4.74 Å². The van der Waals surface area contributed by atoms with Crippen molar-refractivity contribution in [1.82, 2.24) is 5.32 Å². The number of ether oxygens (including phenoxy) is 1. The lowest BCUT2D eigenvalue weighted by Gasteiger charge is -2.17. The van der Waals surface area contributed by atoms with Crippen molar-refractivity contribution >= 4 is 0 Å². The number of benzene rings is 1. The summed E-state index contributed by atoms with van der Waals surface area (Å²) in [6.45, 7) is 5.57. The molecule has 1 fully saturated rings. The highest BCUT2D eigenvalue weighted by Gasteiger charge is 2.51. The first kappa shape index (κ1) is 11.5. The summed E-state index contributed by atoms with van der Waals surface area (Å²) >= 11 is 0. The third-order valence-corrected chi connectivity index (χ3v) is 3.83. The molecule has 0 spiro atoms. The van der Waals surface area contributed by atoms with Gasteiger partial charge in [-0.15, -0.1) is 0 Å². The molecule has 1 aliphatic rings. The molecule has 2 atom stereocenters. The van der Waals surface area contributed by atoms with Crippen LogP contribution in [0.3, 0.4) is 0 Å². The molecule has 0 saturated heterocycles. The van der Waals surface area contributed by atoms with Crippen LogP contribution in [-0.4, -0.2) is 20.7 Å². The number of hydrogen-bond donors (Lipinski definition) is 1. The second kappa shape index (κ2) is 4.10. The Morgan fingerprint density at radius 2 is 2.25 bits per heavy atom. The van der Waals surface area contributed by atoms with E-state index < -0.39 is 0 Å². The average molecular weight is 219 g/mol. The summed E-state index contributed by atoms with van der Waals surface area (Å²) in [5.41, 5.74) is 2.99. The fraction of sp³-hybridized carbons (Fsp3) is 0.571. The Kier molecular flexibility index (Phi) is 2.94. The standard InChI is InChI=1S/C14H21NO/c1-10-5-6-13(16-4)12(7-10)14(2)8-11(14)9-15-3/h5-7,11,15H,8-9H2,1-4H3. The summed E-state index contributed by atoms with van der Waals surface area (Å²) < 4.78 is 5.47. The van der Waals surface area contributed by atoms with Gasteiger partial charge in [0.05, 0.1) is 7.11 Å². The van der Waals surface area contributed by atoms with Crippen molar-refractivity contribution in [2.45, 2.75) is 25.7 Å².